The van der Waals surface area contributed by atoms with Gasteiger partial charge >= 0.3 is 0 Å². The molecular weight excluding hydrogens is 256 g/mol. The lowest BCUT2D eigenvalue weighted by Gasteiger charge is -2.29. The zero-order valence-corrected chi connectivity index (χ0v) is 12.1. The van der Waals surface area contributed by atoms with E-state index in [0.29, 0.717) is 0 Å². The van der Waals surface area contributed by atoms with Crippen molar-refractivity contribution in [1.82, 2.24) is 4.98 Å². The van der Waals surface area contributed by atoms with Gasteiger partial charge in [0.05, 0.1) is 11.8 Å². The fourth-order valence-corrected chi connectivity index (χ4v) is 3.47. The lowest BCUT2D eigenvalue weighted by atomic mass is 10.00. The van der Waals surface area contributed by atoms with Gasteiger partial charge < -0.3 is 10.0 Å². The van der Waals surface area contributed by atoms with E-state index in [0.717, 1.165) is 30.2 Å². The Morgan fingerprint density at radius 1 is 1.42 bits per heavy atom. The monoisotopic (exact) mass is 274 g/mol. The van der Waals surface area contributed by atoms with E-state index in [2.05, 4.69) is 35.0 Å². The lowest BCUT2D eigenvalue weighted by Crippen LogP contribution is -2.24. The van der Waals surface area contributed by atoms with Crippen LogP contribution in [-0.4, -0.2) is 16.6 Å². The predicted molar refractivity (Wildman–Crippen MR) is 79.3 cm³/mol. The van der Waals surface area contributed by atoms with Gasteiger partial charge in [0.2, 0.25) is 0 Å². The van der Waals surface area contributed by atoms with Crippen molar-refractivity contribution in [3.8, 4) is 0 Å². The molecule has 1 unspecified atom stereocenters. The van der Waals surface area contributed by atoms with Gasteiger partial charge in [-0.2, -0.15) is 0 Å². The number of aliphatic hydroxyl groups excluding tert-OH is 1. The number of nitrogens with zero attached hydrogens (tertiary/aromatic N) is 2. The number of anilines is 2. The van der Waals surface area contributed by atoms with Crippen molar-refractivity contribution in [2.24, 2.45) is 0 Å². The molecule has 1 N–H and O–H groups in total. The summed E-state index contributed by atoms with van der Waals surface area (Å²) in [5.41, 5.74) is 4.74. The first-order chi connectivity index (χ1) is 9.15. The van der Waals surface area contributed by atoms with Gasteiger partial charge in [0.1, 0.15) is 0 Å². The summed E-state index contributed by atoms with van der Waals surface area (Å²) < 4.78 is 0. The molecule has 19 heavy (non-hydrogen) atoms. The molecule has 2 heterocycles. The molecule has 3 nitrogen and oxygen atoms in total. The molecule has 0 fully saturated rings. The maximum absolute atomic E-state index is 9.59. The first-order valence-electron chi connectivity index (χ1n) is 6.65. The van der Waals surface area contributed by atoms with E-state index in [1.807, 2.05) is 5.38 Å². The molecule has 0 spiro atoms. The van der Waals surface area contributed by atoms with Gasteiger partial charge in [-0.05, 0) is 38.3 Å². The summed E-state index contributed by atoms with van der Waals surface area (Å²) >= 11 is 1.61. The molecule has 0 radical (unpaired) electrons. The van der Waals surface area contributed by atoms with E-state index < -0.39 is 6.10 Å². The molecule has 0 bridgehead atoms. The molecule has 100 valence electrons. The fourth-order valence-electron chi connectivity index (χ4n) is 2.52. The molecule has 0 aliphatic carbocycles. The number of aliphatic hydroxyl groups is 1. The molecule has 1 aromatic heterocycles. The second-order valence-corrected chi connectivity index (χ2v) is 5.95. The zero-order valence-electron chi connectivity index (χ0n) is 11.3. The highest BCUT2D eigenvalue weighted by Crippen LogP contribution is 2.36. The molecule has 0 saturated heterocycles. The maximum Gasteiger partial charge on any atom is 0.190 e. The van der Waals surface area contributed by atoms with Crippen LogP contribution in [0.4, 0.5) is 10.8 Å². The van der Waals surface area contributed by atoms with Gasteiger partial charge in [-0.15, -0.1) is 11.3 Å². The van der Waals surface area contributed by atoms with Crippen LogP contribution in [0.15, 0.2) is 23.6 Å². The normalized spacial score (nSPS) is 16.3. The molecule has 0 amide bonds. The molecule has 1 atom stereocenters. The van der Waals surface area contributed by atoms with E-state index in [1.54, 1.807) is 18.3 Å². The Labute approximate surface area is 117 Å². The highest BCUT2D eigenvalue weighted by atomic mass is 32.1. The Morgan fingerprint density at radius 2 is 2.26 bits per heavy atom. The van der Waals surface area contributed by atoms with Crippen LogP contribution in [0.3, 0.4) is 0 Å². The summed E-state index contributed by atoms with van der Waals surface area (Å²) in [5.74, 6) is 0. The summed E-state index contributed by atoms with van der Waals surface area (Å²) in [6, 6.07) is 6.61. The quantitative estimate of drug-likeness (QED) is 0.909. The van der Waals surface area contributed by atoms with Crippen molar-refractivity contribution in [2.75, 3.05) is 11.4 Å². The average molecular weight is 274 g/mol. The topological polar surface area (TPSA) is 36.4 Å². The van der Waals surface area contributed by atoms with E-state index in [9.17, 15) is 5.11 Å². The van der Waals surface area contributed by atoms with Crippen molar-refractivity contribution in [2.45, 2.75) is 32.8 Å². The Balaban J connectivity index is 1.98. The minimum Gasteiger partial charge on any atom is -0.387 e. The third kappa shape index (κ3) is 2.38. The van der Waals surface area contributed by atoms with Crippen LogP contribution in [0.5, 0.6) is 0 Å². The molecule has 4 heteroatoms. The van der Waals surface area contributed by atoms with Gasteiger partial charge in [0.25, 0.3) is 0 Å². The van der Waals surface area contributed by atoms with E-state index in [1.165, 1.54) is 16.8 Å². The molecule has 1 aliphatic heterocycles. The van der Waals surface area contributed by atoms with Gasteiger partial charge in [-0.3, -0.25) is 0 Å². The highest BCUT2D eigenvalue weighted by Gasteiger charge is 2.21. The van der Waals surface area contributed by atoms with E-state index in [-0.39, 0.29) is 0 Å². The largest absolute Gasteiger partial charge is 0.387 e. The molecule has 1 aliphatic rings. The number of hydrogen-bond donors (Lipinski definition) is 1. The van der Waals surface area contributed by atoms with E-state index >= 15 is 0 Å². The van der Waals surface area contributed by atoms with Crippen LogP contribution in [0.1, 0.15) is 36.3 Å². The van der Waals surface area contributed by atoms with Gasteiger partial charge in [0, 0.05) is 17.6 Å². The van der Waals surface area contributed by atoms with Gasteiger partial charge in [-0.25, -0.2) is 4.98 Å². The third-order valence-electron chi connectivity index (χ3n) is 3.52. The molecule has 3 rings (SSSR count). The van der Waals surface area contributed by atoms with Crippen LogP contribution >= 0.6 is 11.3 Å². The zero-order chi connectivity index (χ0) is 13.4. The third-order valence-corrected chi connectivity index (χ3v) is 4.40. The number of thiazole rings is 1. The summed E-state index contributed by atoms with van der Waals surface area (Å²) in [5, 5.41) is 12.5. The minimum atomic E-state index is -0.493. The van der Waals surface area contributed by atoms with Crippen molar-refractivity contribution in [1.29, 1.82) is 0 Å². The van der Waals surface area contributed by atoms with Crippen molar-refractivity contribution in [3.63, 3.8) is 0 Å². The van der Waals surface area contributed by atoms with Crippen molar-refractivity contribution < 1.29 is 5.11 Å². The van der Waals surface area contributed by atoms with Crippen molar-refractivity contribution in [3.05, 3.63) is 40.4 Å². The summed E-state index contributed by atoms with van der Waals surface area (Å²) in [7, 11) is 0. The summed E-state index contributed by atoms with van der Waals surface area (Å²) in [4.78, 5) is 6.82. The Hall–Kier alpha value is -1.39. The molecule has 0 saturated carbocycles. The van der Waals surface area contributed by atoms with Crippen LogP contribution in [0, 0.1) is 6.92 Å². The van der Waals surface area contributed by atoms with Crippen LogP contribution in [0.2, 0.25) is 0 Å². The number of aromatic nitrogens is 1. The van der Waals surface area contributed by atoms with Crippen LogP contribution in [-0.2, 0) is 6.42 Å². The fraction of sp³-hybridized carbons (Fsp3) is 0.400. The molecular formula is C15H18N2OS. The average Bonchev–Trinajstić information content (AvgIpc) is 2.87. The second kappa shape index (κ2) is 4.94. The predicted octanol–water partition coefficient (Wildman–Crippen LogP) is 3.59. The van der Waals surface area contributed by atoms with Gasteiger partial charge in [0.15, 0.2) is 5.13 Å². The van der Waals surface area contributed by atoms with Crippen LogP contribution in [0.25, 0.3) is 0 Å². The standard InChI is InChI=1S/C15H18N2OS/c1-10-5-6-14-12(8-10)4-3-7-17(14)15-16-13(9-19-15)11(2)18/h5-6,8-9,11,18H,3-4,7H2,1-2H3. The Bertz CT molecular complexity index is 592. The first-order valence-corrected chi connectivity index (χ1v) is 7.53. The maximum atomic E-state index is 9.59. The first kappa shape index (κ1) is 12.6. The van der Waals surface area contributed by atoms with Gasteiger partial charge in [-0.1, -0.05) is 17.7 Å². The van der Waals surface area contributed by atoms with E-state index in [4.69, 9.17) is 0 Å². The number of aryl methyl sites for hydroxylation is 2. The molecule has 2 aromatic rings. The van der Waals surface area contributed by atoms with Crippen LogP contribution < -0.4 is 4.90 Å². The number of hydrogen-bond acceptors (Lipinski definition) is 4. The minimum absolute atomic E-state index is 0.493. The Morgan fingerprint density at radius 3 is 3.00 bits per heavy atom. The lowest BCUT2D eigenvalue weighted by molar-refractivity contribution is 0.195. The Kier molecular flexibility index (Phi) is 3.29. The number of benzene rings is 1. The smallest absolute Gasteiger partial charge is 0.190 e. The number of fused-ring (bicyclic) bond motifs is 1. The SMILES string of the molecule is Cc1ccc2c(c1)CCCN2c1nc(C(C)O)cs1. The summed E-state index contributed by atoms with van der Waals surface area (Å²) in [6.07, 6.45) is 1.80. The van der Waals surface area contributed by atoms with Crippen molar-refractivity contribution >= 4 is 22.2 Å². The summed E-state index contributed by atoms with van der Waals surface area (Å²) in [6.45, 7) is 4.89. The second-order valence-electron chi connectivity index (χ2n) is 5.12. The molecule has 1 aromatic carbocycles. The number of rotatable bonds is 2. The highest BCUT2D eigenvalue weighted by molar-refractivity contribution is 7.13.